The summed E-state index contributed by atoms with van der Waals surface area (Å²) in [5.41, 5.74) is 0.640. The van der Waals surface area contributed by atoms with Crippen molar-refractivity contribution in [2.75, 3.05) is 19.6 Å². The number of rotatable bonds is 10. The maximum Gasteiger partial charge on any atom is 0.317 e. The lowest BCUT2D eigenvalue weighted by atomic mass is 9.87. The Balaban J connectivity index is 1.32. The van der Waals surface area contributed by atoms with Crippen LogP contribution in [0.15, 0.2) is 24.3 Å². The van der Waals surface area contributed by atoms with Gasteiger partial charge in [-0.25, -0.2) is 4.79 Å². The number of ketones is 1. The Morgan fingerprint density at radius 3 is 2.30 bits per heavy atom. The van der Waals surface area contributed by atoms with E-state index in [1.165, 1.54) is 12.8 Å². The van der Waals surface area contributed by atoms with Gasteiger partial charge in [-0.05, 0) is 75.1 Å². The number of nitrogens with one attached hydrogen (secondary N) is 1. The van der Waals surface area contributed by atoms with E-state index in [1.807, 2.05) is 4.90 Å². The number of carboxylic acid groups (broad SMARTS) is 1. The number of benzene rings is 1. The van der Waals surface area contributed by atoms with Crippen molar-refractivity contribution in [3.05, 3.63) is 29.8 Å². The Hall–Kier alpha value is -2.57. The molecule has 182 valence electrons. The lowest BCUT2D eigenvalue weighted by Gasteiger charge is -2.31. The first-order valence-electron chi connectivity index (χ1n) is 12.5. The number of carbonyl (C=O) groups excluding carboxylic acids is 2. The fourth-order valence-corrected chi connectivity index (χ4v) is 4.87. The van der Waals surface area contributed by atoms with Crippen LogP contribution in [0, 0.1) is 11.8 Å². The zero-order valence-corrected chi connectivity index (χ0v) is 19.8. The number of amides is 2. The van der Waals surface area contributed by atoms with Crippen molar-refractivity contribution >= 4 is 17.8 Å². The molecule has 0 radical (unpaired) electrons. The van der Waals surface area contributed by atoms with Gasteiger partial charge in [-0.3, -0.25) is 9.59 Å². The van der Waals surface area contributed by atoms with E-state index in [0.717, 1.165) is 44.7 Å². The van der Waals surface area contributed by atoms with Crippen LogP contribution < -0.4 is 10.1 Å². The molecule has 0 bridgehead atoms. The highest BCUT2D eigenvalue weighted by Crippen LogP contribution is 2.28. The summed E-state index contributed by atoms with van der Waals surface area (Å²) in [4.78, 5) is 37.7. The fraction of sp³-hybridized carbons (Fsp3) is 0.654. The molecule has 3 rings (SSSR count). The topological polar surface area (TPSA) is 95.9 Å². The molecular formula is C26H38N2O5. The fourth-order valence-electron chi connectivity index (χ4n) is 4.87. The molecule has 1 aromatic carbocycles. The molecule has 7 nitrogen and oxygen atoms in total. The first-order chi connectivity index (χ1) is 16.0. The standard InChI is InChI=1S/C26H38N2O5/c1-2-4-19-14-17-28(18-15-19)26(32)27-16-3-5-24(29)20-6-10-22(11-7-20)33-23-12-8-21(9-13-23)25(30)31/h6-7,10-11,19,21,23H,2-5,8-9,12-18H2,1H3,(H,27,32)(H,30,31). The van der Waals surface area contributed by atoms with Gasteiger partial charge in [-0.15, -0.1) is 0 Å². The molecule has 1 heterocycles. The van der Waals surface area contributed by atoms with Crippen LogP contribution >= 0.6 is 0 Å². The average Bonchev–Trinajstić information content (AvgIpc) is 2.83. The number of hydrogen-bond donors (Lipinski definition) is 2. The van der Waals surface area contributed by atoms with Gasteiger partial charge in [-0.1, -0.05) is 19.8 Å². The molecule has 0 atom stereocenters. The van der Waals surface area contributed by atoms with Crippen molar-refractivity contribution in [1.29, 1.82) is 0 Å². The van der Waals surface area contributed by atoms with Crippen LogP contribution in [0.5, 0.6) is 5.75 Å². The Morgan fingerprint density at radius 1 is 1.03 bits per heavy atom. The van der Waals surface area contributed by atoms with Crippen LogP contribution in [-0.2, 0) is 4.79 Å². The van der Waals surface area contributed by atoms with Crippen LogP contribution in [-0.4, -0.2) is 53.5 Å². The smallest absolute Gasteiger partial charge is 0.317 e. The molecule has 1 saturated carbocycles. The number of hydrogen-bond acceptors (Lipinski definition) is 4. The highest BCUT2D eigenvalue weighted by atomic mass is 16.5. The van der Waals surface area contributed by atoms with Crippen molar-refractivity contribution in [3.8, 4) is 5.75 Å². The van der Waals surface area contributed by atoms with E-state index in [9.17, 15) is 14.4 Å². The summed E-state index contributed by atoms with van der Waals surface area (Å²) in [7, 11) is 0. The predicted molar refractivity (Wildman–Crippen MR) is 127 cm³/mol. The summed E-state index contributed by atoms with van der Waals surface area (Å²) >= 11 is 0. The number of Topliss-reactive ketones (excluding diaryl/α,β-unsaturated/α-hetero) is 1. The SMILES string of the molecule is CCCC1CCN(C(=O)NCCCC(=O)c2ccc(OC3CCC(C(=O)O)CC3)cc2)CC1. The van der Waals surface area contributed by atoms with Crippen molar-refractivity contribution in [3.63, 3.8) is 0 Å². The van der Waals surface area contributed by atoms with E-state index < -0.39 is 5.97 Å². The van der Waals surface area contributed by atoms with E-state index >= 15 is 0 Å². The van der Waals surface area contributed by atoms with E-state index in [4.69, 9.17) is 9.84 Å². The van der Waals surface area contributed by atoms with Gasteiger partial charge < -0.3 is 20.1 Å². The monoisotopic (exact) mass is 458 g/mol. The third-order valence-electron chi connectivity index (χ3n) is 6.96. The second-order valence-electron chi connectivity index (χ2n) is 9.43. The highest BCUT2D eigenvalue weighted by molar-refractivity contribution is 5.96. The van der Waals surface area contributed by atoms with Gasteiger partial charge in [0.05, 0.1) is 12.0 Å². The average molecular weight is 459 g/mol. The van der Waals surface area contributed by atoms with Gasteiger partial charge in [0.25, 0.3) is 0 Å². The Labute approximate surface area is 196 Å². The summed E-state index contributed by atoms with van der Waals surface area (Å²) in [6.07, 6.45) is 8.42. The molecule has 7 heteroatoms. The number of nitrogens with zero attached hydrogens (tertiary/aromatic N) is 1. The van der Waals surface area contributed by atoms with Crippen LogP contribution in [0.25, 0.3) is 0 Å². The first-order valence-corrected chi connectivity index (χ1v) is 12.5. The van der Waals surface area contributed by atoms with Crippen LogP contribution in [0.1, 0.15) is 81.5 Å². The van der Waals surface area contributed by atoms with E-state index in [1.54, 1.807) is 24.3 Å². The molecule has 1 saturated heterocycles. The van der Waals surface area contributed by atoms with Gasteiger partial charge in [0.2, 0.25) is 0 Å². The minimum absolute atomic E-state index is 0.0173. The molecule has 0 aromatic heterocycles. The molecule has 1 aliphatic heterocycles. The van der Waals surface area contributed by atoms with Crippen LogP contribution in [0.2, 0.25) is 0 Å². The number of carboxylic acids is 1. The highest BCUT2D eigenvalue weighted by Gasteiger charge is 2.27. The van der Waals surface area contributed by atoms with Crippen molar-refractivity contribution in [2.24, 2.45) is 11.8 Å². The zero-order chi connectivity index (χ0) is 23.6. The van der Waals surface area contributed by atoms with Crippen LogP contribution in [0.3, 0.4) is 0 Å². The van der Waals surface area contributed by atoms with Crippen molar-refractivity contribution < 1.29 is 24.2 Å². The summed E-state index contributed by atoms with van der Waals surface area (Å²) in [5, 5.41) is 12.0. The van der Waals surface area contributed by atoms with E-state index in [2.05, 4.69) is 12.2 Å². The number of urea groups is 1. The second kappa shape index (κ2) is 12.6. The number of aliphatic carboxylic acids is 1. The third kappa shape index (κ3) is 7.76. The van der Waals surface area contributed by atoms with Crippen molar-refractivity contribution in [2.45, 2.75) is 77.2 Å². The minimum atomic E-state index is -0.720. The van der Waals surface area contributed by atoms with Gasteiger partial charge in [-0.2, -0.15) is 0 Å². The molecule has 2 fully saturated rings. The zero-order valence-electron chi connectivity index (χ0n) is 19.8. The minimum Gasteiger partial charge on any atom is -0.490 e. The molecule has 2 N–H and O–H groups in total. The third-order valence-corrected chi connectivity index (χ3v) is 6.96. The van der Waals surface area contributed by atoms with Crippen molar-refractivity contribution in [1.82, 2.24) is 10.2 Å². The molecule has 1 aromatic rings. The molecule has 2 amide bonds. The van der Waals surface area contributed by atoms with E-state index in [0.29, 0.717) is 43.5 Å². The largest absolute Gasteiger partial charge is 0.490 e. The van der Waals surface area contributed by atoms with Gasteiger partial charge in [0.15, 0.2) is 5.78 Å². The Morgan fingerprint density at radius 2 is 1.70 bits per heavy atom. The number of piperidine rings is 1. The van der Waals surface area contributed by atoms with Gasteiger partial charge >= 0.3 is 12.0 Å². The molecule has 0 spiro atoms. The number of carbonyl (C=O) groups is 3. The van der Waals surface area contributed by atoms with Crippen LogP contribution in [0.4, 0.5) is 4.79 Å². The number of ether oxygens (including phenoxy) is 1. The second-order valence-corrected chi connectivity index (χ2v) is 9.43. The summed E-state index contributed by atoms with van der Waals surface area (Å²) in [5.74, 6) is 0.537. The summed E-state index contributed by atoms with van der Waals surface area (Å²) < 4.78 is 5.96. The molecule has 2 aliphatic rings. The predicted octanol–water partition coefficient (Wildman–Crippen LogP) is 4.89. The summed E-state index contributed by atoms with van der Waals surface area (Å²) in [6.45, 7) is 4.36. The molecule has 0 unspecified atom stereocenters. The number of likely N-dealkylation sites (tertiary alicyclic amines) is 1. The Kier molecular flexibility index (Phi) is 9.58. The molecular weight excluding hydrogens is 420 g/mol. The lowest BCUT2D eigenvalue weighted by Crippen LogP contribution is -2.44. The van der Waals surface area contributed by atoms with E-state index in [-0.39, 0.29) is 23.8 Å². The van der Waals surface area contributed by atoms with Gasteiger partial charge in [0.1, 0.15) is 5.75 Å². The lowest BCUT2D eigenvalue weighted by molar-refractivity contribution is -0.143. The molecule has 33 heavy (non-hydrogen) atoms. The maximum atomic E-state index is 12.5. The molecule has 1 aliphatic carbocycles. The quantitative estimate of drug-likeness (QED) is 0.384. The normalized spacial score (nSPS) is 21.4. The summed E-state index contributed by atoms with van der Waals surface area (Å²) in [6, 6.07) is 7.15. The maximum absolute atomic E-state index is 12.5. The Bertz CT molecular complexity index is 778. The first kappa shape index (κ1) is 25.1. The van der Waals surface area contributed by atoms with Gasteiger partial charge in [0, 0.05) is 31.6 Å².